The van der Waals surface area contributed by atoms with Crippen molar-refractivity contribution in [2.24, 2.45) is 0 Å². The van der Waals surface area contributed by atoms with Gasteiger partial charge in [-0.1, -0.05) is 30.7 Å². The van der Waals surface area contributed by atoms with E-state index >= 15 is 0 Å². The third-order valence-electron chi connectivity index (χ3n) is 5.09. The predicted octanol–water partition coefficient (Wildman–Crippen LogP) is 3.69. The lowest BCUT2D eigenvalue weighted by Gasteiger charge is -2.34. The van der Waals surface area contributed by atoms with Gasteiger partial charge in [0, 0.05) is 26.2 Å². The Labute approximate surface area is 163 Å². The molecular formula is C21H24N4OS. The average molecular weight is 381 g/mol. The number of thiophene rings is 1. The highest BCUT2D eigenvalue weighted by atomic mass is 32.1. The van der Waals surface area contributed by atoms with Gasteiger partial charge in [0.05, 0.1) is 10.6 Å². The number of hydrogen-bond acceptors (Lipinski definition) is 4. The van der Waals surface area contributed by atoms with Crippen LogP contribution >= 0.6 is 11.3 Å². The molecule has 1 amide bonds. The molecule has 1 saturated heterocycles. The van der Waals surface area contributed by atoms with Gasteiger partial charge < -0.3 is 9.80 Å². The van der Waals surface area contributed by atoms with Crippen LogP contribution in [-0.4, -0.2) is 58.2 Å². The molecule has 0 radical (unpaired) electrons. The van der Waals surface area contributed by atoms with Crippen LogP contribution in [-0.2, 0) is 0 Å². The summed E-state index contributed by atoms with van der Waals surface area (Å²) in [5.74, 6) is 0.0571. The number of aromatic nitrogens is 2. The van der Waals surface area contributed by atoms with Gasteiger partial charge in [-0.3, -0.25) is 4.79 Å². The highest BCUT2D eigenvalue weighted by Gasteiger charge is 2.26. The first kappa shape index (κ1) is 17.9. The zero-order valence-corrected chi connectivity index (χ0v) is 16.6. The SMILES string of the molecule is CCN1CCN(C(=O)c2cc(-c3cccs3)nn2-c2ccc(C)cc2)CC1. The fraction of sp³-hybridized carbons (Fsp3) is 0.333. The third kappa shape index (κ3) is 3.68. The summed E-state index contributed by atoms with van der Waals surface area (Å²) in [6, 6.07) is 14.1. The number of likely N-dealkylation sites (N-methyl/N-ethyl adjacent to an activating group) is 1. The largest absolute Gasteiger partial charge is 0.335 e. The van der Waals surface area contributed by atoms with Crippen molar-refractivity contribution in [1.29, 1.82) is 0 Å². The second-order valence-corrected chi connectivity index (χ2v) is 7.81. The second-order valence-electron chi connectivity index (χ2n) is 6.87. The molecule has 0 bridgehead atoms. The van der Waals surface area contributed by atoms with E-state index in [0.29, 0.717) is 5.69 Å². The number of carbonyl (C=O) groups excluding carboxylic acids is 1. The molecule has 1 aliphatic heterocycles. The van der Waals surface area contributed by atoms with Crippen molar-refractivity contribution in [3.63, 3.8) is 0 Å². The van der Waals surface area contributed by atoms with Crippen LogP contribution in [0.4, 0.5) is 0 Å². The Morgan fingerprint density at radius 3 is 2.48 bits per heavy atom. The summed E-state index contributed by atoms with van der Waals surface area (Å²) >= 11 is 1.64. The summed E-state index contributed by atoms with van der Waals surface area (Å²) in [5.41, 5.74) is 3.58. The lowest BCUT2D eigenvalue weighted by Crippen LogP contribution is -2.48. The van der Waals surface area contributed by atoms with E-state index in [2.05, 4.69) is 30.9 Å². The minimum absolute atomic E-state index is 0.0571. The summed E-state index contributed by atoms with van der Waals surface area (Å²) in [6.07, 6.45) is 0. The van der Waals surface area contributed by atoms with Gasteiger partial charge in [-0.25, -0.2) is 4.68 Å². The second kappa shape index (κ2) is 7.66. The van der Waals surface area contributed by atoms with Crippen molar-refractivity contribution in [3.05, 3.63) is 59.1 Å². The molecule has 1 aromatic carbocycles. The molecule has 1 fully saturated rings. The molecule has 3 heterocycles. The molecular weight excluding hydrogens is 356 g/mol. The molecule has 140 valence electrons. The van der Waals surface area contributed by atoms with Crippen LogP contribution in [0.1, 0.15) is 23.0 Å². The van der Waals surface area contributed by atoms with Crippen molar-refractivity contribution in [3.8, 4) is 16.3 Å². The Kier molecular flexibility index (Phi) is 5.09. The van der Waals surface area contributed by atoms with E-state index in [-0.39, 0.29) is 5.91 Å². The Bertz CT molecular complexity index is 906. The maximum atomic E-state index is 13.3. The lowest BCUT2D eigenvalue weighted by atomic mass is 10.2. The van der Waals surface area contributed by atoms with Crippen molar-refractivity contribution in [1.82, 2.24) is 19.6 Å². The first-order valence-corrected chi connectivity index (χ1v) is 10.3. The number of benzene rings is 1. The van der Waals surface area contributed by atoms with Gasteiger partial charge >= 0.3 is 0 Å². The minimum atomic E-state index is 0.0571. The zero-order chi connectivity index (χ0) is 18.8. The average Bonchev–Trinajstić information content (AvgIpc) is 3.38. The van der Waals surface area contributed by atoms with Crippen LogP contribution < -0.4 is 0 Å². The number of hydrogen-bond donors (Lipinski definition) is 0. The summed E-state index contributed by atoms with van der Waals surface area (Å²) in [7, 11) is 0. The van der Waals surface area contributed by atoms with Gasteiger partial charge in [0.15, 0.2) is 0 Å². The highest BCUT2D eigenvalue weighted by Crippen LogP contribution is 2.26. The first-order chi connectivity index (χ1) is 13.2. The molecule has 6 heteroatoms. The molecule has 3 aromatic rings. The summed E-state index contributed by atoms with van der Waals surface area (Å²) in [6.45, 7) is 8.64. The van der Waals surface area contributed by atoms with E-state index in [0.717, 1.165) is 49.0 Å². The highest BCUT2D eigenvalue weighted by molar-refractivity contribution is 7.13. The van der Waals surface area contributed by atoms with E-state index in [1.807, 2.05) is 40.6 Å². The number of piperazine rings is 1. The monoisotopic (exact) mass is 380 g/mol. The number of nitrogens with zero attached hydrogens (tertiary/aromatic N) is 4. The summed E-state index contributed by atoms with van der Waals surface area (Å²) in [4.78, 5) is 18.7. The van der Waals surface area contributed by atoms with Gasteiger partial charge in [-0.05, 0) is 43.1 Å². The zero-order valence-electron chi connectivity index (χ0n) is 15.8. The van der Waals surface area contributed by atoms with Gasteiger partial charge in [0.1, 0.15) is 11.4 Å². The van der Waals surface area contributed by atoms with Crippen LogP contribution in [0.5, 0.6) is 0 Å². The molecule has 1 aliphatic rings. The minimum Gasteiger partial charge on any atom is -0.335 e. The molecule has 0 aliphatic carbocycles. The van der Waals surface area contributed by atoms with E-state index in [1.165, 1.54) is 5.56 Å². The van der Waals surface area contributed by atoms with Crippen molar-refractivity contribution in [2.45, 2.75) is 13.8 Å². The maximum Gasteiger partial charge on any atom is 0.272 e. The van der Waals surface area contributed by atoms with Crippen molar-refractivity contribution < 1.29 is 4.79 Å². The Balaban J connectivity index is 1.70. The molecule has 0 saturated carbocycles. The molecule has 0 unspecified atom stereocenters. The number of aryl methyl sites for hydroxylation is 1. The standard InChI is InChI=1S/C21H24N4OS/c1-3-23-10-12-24(13-11-23)21(26)19-15-18(20-5-4-14-27-20)22-25(19)17-8-6-16(2)7-9-17/h4-9,14-15H,3,10-13H2,1-2H3. The van der Waals surface area contributed by atoms with E-state index in [4.69, 9.17) is 5.10 Å². The molecule has 5 nitrogen and oxygen atoms in total. The van der Waals surface area contributed by atoms with Crippen LogP contribution in [0.2, 0.25) is 0 Å². The smallest absolute Gasteiger partial charge is 0.272 e. The van der Waals surface area contributed by atoms with Gasteiger partial charge in [0.25, 0.3) is 5.91 Å². The van der Waals surface area contributed by atoms with E-state index < -0.39 is 0 Å². The van der Waals surface area contributed by atoms with Gasteiger partial charge in [0.2, 0.25) is 0 Å². The van der Waals surface area contributed by atoms with Crippen molar-refractivity contribution >= 4 is 17.2 Å². The number of amides is 1. The van der Waals surface area contributed by atoms with Crippen molar-refractivity contribution in [2.75, 3.05) is 32.7 Å². The van der Waals surface area contributed by atoms with Gasteiger partial charge in [-0.2, -0.15) is 5.10 Å². The topological polar surface area (TPSA) is 41.4 Å². The number of rotatable bonds is 4. The molecule has 2 aromatic heterocycles. The van der Waals surface area contributed by atoms with E-state index in [1.54, 1.807) is 16.0 Å². The first-order valence-electron chi connectivity index (χ1n) is 9.38. The quantitative estimate of drug-likeness (QED) is 0.693. The van der Waals surface area contributed by atoms with Crippen LogP contribution in [0.15, 0.2) is 47.8 Å². The number of carbonyl (C=O) groups is 1. The summed E-state index contributed by atoms with van der Waals surface area (Å²) < 4.78 is 1.79. The fourth-order valence-electron chi connectivity index (χ4n) is 3.39. The third-order valence-corrected chi connectivity index (χ3v) is 5.98. The Morgan fingerprint density at radius 2 is 1.85 bits per heavy atom. The predicted molar refractivity (Wildman–Crippen MR) is 110 cm³/mol. The molecule has 0 spiro atoms. The maximum absolute atomic E-state index is 13.3. The van der Waals surface area contributed by atoms with Crippen LogP contribution in [0.3, 0.4) is 0 Å². The fourth-order valence-corrected chi connectivity index (χ4v) is 4.07. The summed E-state index contributed by atoms with van der Waals surface area (Å²) in [5, 5.41) is 6.80. The van der Waals surface area contributed by atoms with Crippen LogP contribution in [0, 0.1) is 6.92 Å². The molecule has 0 atom stereocenters. The molecule has 4 rings (SSSR count). The molecule has 0 N–H and O–H groups in total. The van der Waals surface area contributed by atoms with Crippen LogP contribution in [0.25, 0.3) is 16.3 Å². The van der Waals surface area contributed by atoms with E-state index in [9.17, 15) is 4.79 Å². The normalized spacial score (nSPS) is 15.3. The Morgan fingerprint density at radius 1 is 1.11 bits per heavy atom. The lowest BCUT2D eigenvalue weighted by molar-refractivity contribution is 0.0634. The Hall–Kier alpha value is -2.44. The van der Waals surface area contributed by atoms with Gasteiger partial charge in [-0.15, -0.1) is 11.3 Å². The molecule has 27 heavy (non-hydrogen) atoms.